The smallest absolute Gasteiger partial charge is 0.133 e. The number of hydrogen-bond donors (Lipinski definition) is 1. The van der Waals surface area contributed by atoms with Gasteiger partial charge in [0.15, 0.2) is 0 Å². The van der Waals surface area contributed by atoms with E-state index in [4.69, 9.17) is 0 Å². The molecule has 0 saturated carbocycles. The molecule has 0 saturated heterocycles. The number of carbonyl (C=O) groups is 1. The van der Waals surface area contributed by atoms with Crippen LogP contribution >= 0.6 is 0 Å². The fourth-order valence-corrected chi connectivity index (χ4v) is 0.450. The molecule has 1 unspecified atom stereocenters. The average Bonchev–Trinajstić information content (AvgIpc) is 1.67. The van der Waals surface area contributed by atoms with E-state index >= 15 is 0 Å². The Balaban J connectivity index is 3.32. The lowest BCUT2D eigenvalue weighted by atomic mass is 10.1. The van der Waals surface area contributed by atoms with Crippen LogP contribution in [0.4, 0.5) is 0 Å². The van der Waals surface area contributed by atoms with Crippen molar-refractivity contribution in [2.45, 2.75) is 13.8 Å². The highest BCUT2D eigenvalue weighted by atomic mass is 16.1. The molecule has 0 aliphatic heterocycles. The van der Waals surface area contributed by atoms with Crippen molar-refractivity contribution in [2.75, 3.05) is 13.6 Å². The first-order valence-corrected chi connectivity index (χ1v) is 2.83. The minimum atomic E-state index is 0.167. The Morgan fingerprint density at radius 2 is 2.25 bits per heavy atom. The van der Waals surface area contributed by atoms with Crippen LogP contribution in [0.5, 0.6) is 0 Å². The van der Waals surface area contributed by atoms with Gasteiger partial charge in [-0.05, 0) is 14.0 Å². The second-order valence-corrected chi connectivity index (χ2v) is 2.07. The zero-order valence-corrected chi connectivity index (χ0v) is 5.69. The summed E-state index contributed by atoms with van der Waals surface area (Å²) in [6.07, 6.45) is 0. The highest BCUT2D eigenvalue weighted by molar-refractivity contribution is 5.78. The predicted molar refractivity (Wildman–Crippen MR) is 33.8 cm³/mol. The van der Waals surface area contributed by atoms with Crippen LogP contribution in [-0.4, -0.2) is 19.4 Å². The third-order valence-electron chi connectivity index (χ3n) is 1.20. The lowest BCUT2D eigenvalue weighted by molar-refractivity contribution is -0.120. The summed E-state index contributed by atoms with van der Waals surface area (Å²) in [5.41, 5.74) is 0. The van der Waals surface area contributed by atoms with Crippen molar-refractivity contribution >= 4 is 5.78 Å². The van der Waals surface area contributed by atoms with Crippen molar-refractivity contribution < 1.29 is 4.79 Å². The van der Waals surface area contributed by atoms with Gasteiger partial charge < -0.3 is 5.32 Å². The van der Waals surface area contributed by atoms with Gasteiger partial charge in [-0.3, -0.25) is 4.79 Å². The van der Waals surface area contributed by atoms with Crippen LogP contribution < -0.4 is 5.32 Å². The maximum Gasteiger partial charge on any atom is 0.133 e. The standard InChI is InChI=1S/C6H13NO/c1-5(4-7-3)6(2)8/h5,7H,4H2,1-3H3. The molecule has 1 N–H and O–H groups in total. The summed E-state index contributed by atoms with van der Waals surface area (Å²) in [5.74, 6) is 0.416. The number of hydrogen-bond acceptors (Lipinski definition) is 2. The number of rotatable bonds is 3. The van der Waals surface area contributed by atoms with Crippen LogP contribution in [0.2, 0.25) is 0 Å². The average molecular weight is 115 g/mol. The van der Waals surface area contributed by atoms with Gasteiger partial charge in [0, 0.05) is 12.5 Å². The number of Topliss-reactive ketones (excluding diaryl/α,β-unsaturated/α-hetero) is 1. The number of ketones is 1. The van der Waals surface area contributed by atoms with E-state index in [1.54, 1.807) is 6.92 Å². The fraction of sp³-hybridized carbons (Fsp3) is 0.833. The monoisotopic (exact) mass is 115 g/mol. The fourth-order valence-electron chi connectivity index (χ4n) is 0.450. The highest BCUT2D eigenvalue weighted by Crippen LogP contribution is 1.91. The van der Waals surface area contributed by atoms with Crippen LogP contribution in [0.1, 0.15) is 13.8 Å². The predicted octanol–water partition coefficient (Wildman–Crippen LogP) is 0.431. The molecule has 0 aliphatic rings. The SMILES string of the molecule is CNCC(C)C(C)=O. The third-order valence-corrected chi connectivity index (χ3v) is 1.20. The number of carbonyl (C=O) groups excluding carboxylic acids is 1. The third kappa shape index (κ3) is 2.75. The molecular weight excluding hydrogens is 102 g/mol. The molecule has 48 valence electrons. The van der Waals surface area contributed by atoms with Crippen LogP contribution in [0.15, 0.2) is 0 Å². The van der Waals surface area contributed by atoms with Crippen molar-refractivity contribution in [2.24, 2.45) is 5.92 Å². The summed E-state index contributed by atoms with van der Waals surface area (Å²) in [7, 11) is 1.85. The van der Waals surface area contributed by atoms with E-state index in [2.05, 4.69) is 5.32 Å². The molecule has 0 heterocycles. The van der Waals surface area contributed by atoms with E-state index in [-0.39, 0.29) is 11.7 Å². The molecular formula is C6H13NO. The molecule has 0 bridgehead atoms. The topological polar surface area (TPSA) is 29.1 Å². The summed E-state index contributed by atoms with van der Waals surface area (Å²) >= 11 is 0. The molecule has 0 aromatic heterocycles. The molecule has 0 aliphatic carbocycles. The first kappa shape index (κ1) is 7.63. The Hall–Kier alpha value is -0.370. The van der Waals surface area contributed by atoms with Gasteiger partial charge in [-0.15, -0.1) is 0 Å². The molecule has 2 heteroatoms. The lowest BCUT2D eigenvalue weighted by Crippen LogP contribution is -2.21. The molecule has 0 spiro atoms. The molecule has 8 heavy (non-hydrogen) atoms. The minimum Gasteiger partial charge on any atom is -0.319 e. The van der Waals surface area contributed by atoms with Gasteiger partial charge in [-0.2, -0.15) is 0 Å². The van der Waals surface area contributed by atoms with E-state index in [0.29, 0.717) is 0 Å². The van der Waals surface area contributed by atoms with Gasteiger partial charge in [0.1, 0.15) is 5.78 Å². The first-order chi connectivity index (χ1) is 3.68. The molecule has 0 aromatic rings. The second-order valence-electron chi connectivity index (χ2n) is 2.07. The zero-order chi connectivity index (χ0) is 6.57. The highest BCUT2D eigenvalue weighted by Gasteiger charge is 2.03. The quantitative estimate of drug-likeness (QED) is 0.578. The van der Waals surface area contributed by atoms with Crippen molar-refractivity contribution in [1.29, 1.82) is 0 Å². The van der Waals surface area contributed by atoms with Crippen molar-refractivity contribution in [3.8, 4) is 0 Å². The van der Waals surface area contributed by atoms with Crippen LogP contribution in [0.3, 0.4) is 0 Å². The normalized spacial score (nSPS) is 13.4. The molecule has 0 amide bonds. The maximum atomic E-state index is 10.5. The van der Waals surface area contributed by atoms with Crippen LogP contribution in [0.25, 0.3) is 0 Å². The Kier molecular flexibility index (Phi) is 3.44. The van der Waals surface area contributed by atoms with E-state index in [9.17, 15) is 4.79 Å². The van der Waals surface area contributed by atoms with E-state index in [0.717, 1.165) is 6.54 Å². The Morgan fingerprint density at radius 1 is 1.75 bits per heavy atom. The Morgan fingerprint density at radius 3 is 2.38 bits per heavy atom. The molecule has 0 radical (unpaired) electrons. The maximum absolute atomic E-state index is 10.5. The van der Waals surface area contributed by atoms with Gasteiger partial charge in [0.2, 0.25) is 0 Å². The molecule has 1 atom stereocenters. The van der Waals surface area contributed by atoms with E-state index in [1.807, 2.05) is 14.0 Å². The first-order valence-electron chi connectivity index (χ1n) is 2.83. The Bertz CT molecular complexity index is 80.6. The van der Waals surface area contributed by atoms with Crippen LogP contribution in [-0.2, 0) is 4.79 Å². The molecule has 2 nitrogen and oxygen atoms in total. The summed E-state index contributed by atoms with van der Waals surface area (Å²) in [4.78, 5) is 10.5. The second kappa shape index (κ2) is 3.61. The Labute approximate surface area is 50.3 Å². The molecule has 0 aromatic carbocycles. The van der Waals surface area contributed by atoms with Crippen molar-refractivity contribution in [1.82, 2.24) is 5.32 Å². The van der Waals surface area contributed by atoms with E-state index in [1.165, 1.54) is 0 Å². The summed E-state index contributed by atoms with van der Waals surface area (Å²) in [6, 6.07) is 0. The van der Waals surface area contributed by atoms with Gasteiger partial charge in [0.05, 0.1) is 0 Å². The van der Waals surface area contributed by atoms with Crippen molar-refractivity contribution in [3.63, 3.8) is 0 Å². The van der Waals surface area contributed by atoms with Crippen LogP contribution in [0, 0.1) is 5.92 Å². The number of nitrogens with one attached hydrogen (secondary N) is 1. The lowest BCUT2D eigenvalue weighted by Gasteiger charge is -2.03. The summed E-state index contributed by atoms with van der Waals surface area (Å²) in [6.45, 7) is 4.32. The van der Waals surface area contributed by atoms with E-state index < -0.39 is 0 Å². The molecule has 0 rings (SSSR count). The van der Waals surface area contributed by atoms with Crippen molar-refractivity contribution in [3.05, 3.63) is 0 Å². The zero-order valence-electron chi connectivity index (χ0n) is 5.69. The largest absolute Gasteiger partial charge is 0.319 e. The van der Waals surface area contributed by atoms with Gasteiger partial charge >= 0.3 is 0 Å². The van der Waals surface area contributed by atoms with Gasteiger partial charge in [-0.25, -0.2) is 0 Å². The van der Waals surface area contributed by atoms with Gasteiger partial charge in [-0.1, -0.05) is 6.92 Å². The summed E-state index contributed by atoms with van der Waals surface area (Å²) in [5, 5.41) is 2.93. The minimum absolute atomic E-state index is 0.167. The van der Waals surface area contributed by atoms with Gasteiger partial charge in [0.25, 0.3) is 0 Å². The summed E-state index contributed by atoms with van der Waals surface area (Å²) < 4.78 is 0. The molecule has 0 fully saturated rings.